The zero-order valence-electron chi connectivity index (χ0n) is 19.0. The van der Waals surface area contributed by atoms with Crippen LogP contribution in [0.2, 0.25) is 0 Å². The van der Waals surface area contributed by atoms with Crippen LogP contribution in [0.5, 0.6) is 0 Å². The van der Waals surface area contributed by atoms with Crippen molar-refractivity contribution >= 4 is 31.6 Å². The van der Waals surface area contributed by atoms with Gasteiger partial charge in [-0.1, -0.05) is 26.7 Å². The molecule has 34 heavy (non-hydrogen) atoms. The van der Waals surface area contributed by atoms with Crippen LogP contribution in [0.15, 0.2) is 21.9 Å². The number of hydrogen-bond acceptors (Lipinski definition) is 7. The minimum absolute atomic E-state index is 0. The van der Waals surface area contributed by atoms with Gasteiger partial charge in [-0.3, -0.25) is 9.59 Å². The molecule has 2 aliphatic heterocycles. The minimum atomic E-state index is -3.22. The number of carboxylic acid groups (broad SMARTS) is 1. The number of ether oxygens (including phenoxy) is 1. The molecule has 0 unspecified atom stereocenters. The molecule has 2 aliphatic rings. The summed E-state index contributed by atoms with van der Waals surface area (Å²) in [5.74, 6) is -1.31. The van der Waals surface area contributed by atoms with E-state index in [4.69, 9.17) is 9.84 Å². The van der Waals surface area contributed by atoms with Crippen LogP contribution in [0, 0.1) is 26.0 Å². The summed E-state index contributed by atoms with van der Waals surface area (Å²) in [5.41, 5.74) is 3.08. The molecular formula is C22H22O8S2Y2-2. The minimum Gasteiger partial charge on any atom is -0.487 e. The average molecular weight is 656 g/mol. The van der Waals surface area contributed by atoms with Crippen molar-refractivity contribution in [3.05, 3.63) is 57.6 Å². The zero-order valence-corrected chi connectivity index (χ0v) is 26.3. The molecule has 1 N–H and O–H groups in total. The van der Waals surface area contributed by atoms with Crippen molar-refractivity contribution in [3.8, 4) is 0 Å². The number of carbonyl (C=O) groups excluding carboxylic acids is 1. The predicted octanol–water partition coefficient (Wildman–Crippen LogP) is 2.12. The molecule has 2 radical (unpaired) electrons. The molecule has 0 spiro atoms. The molecule has 0 aliphatic carbocycles. The van der Waals surface area contributed by atoms with Crippen molar-refractivity contribution in [3.63, 3.8) is 0 Å². The summed E-state index contributed by atoms with van der Waals surface area (Å²) < 4.78 is 51.3. The molecule has 0 saturated carbocycles. The molecule has 178 valence electrons. The molecule has 0 atom stereocenters. The van der Waals surface area contributed by atoms with Gasteiger partial charge in [0.1, 0.15) is 0 Å². The van der Waals surface area contributed by atoms with E-state index in [9.17, 15) is 26.4 Å². The van der Waals surface area contributed by atoms with Crippen molar-refractivity contribution in [2.24, 2.45) is 0 Å². The predicted molar refractivity (Wildman–Crippen MR) is 114 cm³/mol. The van der Waals surface area contributed by atoms with Gasteiger partial charge in [0, 0.05) is 76.9 Å². The fourth-order valence-electron chi connectivity index (χ4n) is 3.81. The normalized spacial score (nSPS) is 16.0. The molecule has 2 aromatic rings. The van der Waals surface area contributed by atoms with Gasteiger partial charge in [-0.15, -0.1) is 22.3 Å². The maximum Gasteiger partial charge on any atom is 0.281 e. The van der Waals surface area contributed by atoms with Gasteiger partial charge in [0.15, 0.2) is 19.7 Å². The van der Waals surface area contributed by atoms with Crippen molar-refractivity contribution in [1.29, 1.82) is 0 Å². The van der Waals surface area contributed by atoms with Crippen LogP contribution in [0.3, 0.4) is 0 Å². The van der Waals surface area contributed by atoms with Gasteiger partial charge in [0.2, 0.25) is 0 Å². The molecular weight excluding hydrogens is 634 g/mol. The van der Waals surface area contributed by atoms with E-state index < -0.39 is 31.6 Å². The second-order valence-electron chi connectivity index (χ2n) is 7.43. The number of rotatable bonds is 3. The topological polar surface area (TPSA) is 132 Å². The van der Waals surface area contributed by atoms with Gasteiger partial charge in [-0.05, 0) is 27.8 Å². The van der Waals surface area contributed by atoms with Crippen LogP contribution >= 0.6 is 0 Å². The van der Waals surface area contributed by atoms with E-state index in [0.29, 0.717) is 47.3 Å². The van der Waals surface area contributed by atoms with Gasteiger partial charge >= 0.3 is 0 Å². The maximum atomic E-state index is 11.7. The van der Waals surface area contributed by atoms with E-state index >= 15 is 0 Å². The molecule has 0 amide bonds. The largest absolute Gasteiger partial charge is 0.487 e. The standard InChI is InChI=1S/C12H13O4S.C10H9O4S.2Y/c1-3-16-12(13)10-4-5-11-9(8(10)2)6-7-17(11,14)15;1-6-7-4-5-15(13,14)9(7)3-2-8(6)10(11)12;;/h4H,3,6-7H2,1-2H3;2H,4-5H2,1H3,(H,11,12);;/q2*-1;;. The molecule has 2 aromatic carbocycles. The van der Waals surface area contributed by atoms with Gasteiger partial charge in [0.25, 0.3) is 11.9 Å². The van der Waals surface area contributed by atoms with Crippen LogP contribution in [0.1, 0.15) is 49.9 Å². The Balaban J connectivity index is 0.000000323. The van der Waals surface area contributed by atoms with E-state index in [2.05, 4.69) is 12.1 Å². The third-order valence-corrected chi connectivity index (χ3v) is 9.00. The van der Waals surface area contributed by atoms with E-state index in [0.717, 1.165) is 0 Å². The van der Waals surface area contributed by atoms with E-state index in [1.807, 2.05) is 0 Å². The van der Waals surface area contributed by atoms with E-state index in [1.54, 1.807) is 20.8 Å². The summed E-state index contributed by atoms with van der Waals surface area (Å²) in [5, 5.41) is 8.86. The fraction of sp³-hybridized carbons (Fsp3) is 0.364. The Labute approximate surface area is 249 Å². The van der Waals surface area contributed by atoms with Crippen LogP contribution in [0.25, 0.3) is 0 Å². The average Bonchev–Trinajstić information content (AvgIpc) is 3.19. The SMILES string of the molecule is CCOC(=O)c1c[c-]c2c(c1C)CCS2(=O)=O.Cc1c(C(=O)O)c[c-]c2c1CCS2(=O)=O.[Y].[Y]. The van der Waals surface area contributed by atoms with Gasteiger partial charge in [0.05, 0.1) is 6.61 Å². The number of benzene rings is 2. The number of hydrogen-bond donors (Lipinski definition) is 1. The molecule has 0 aromatic heterocycles. The number of carbonyl (C=O) groups is 2. The van der Waals surface area contributed by atoms with Crippen LogP contribution in [-0.2, 0) is 103 Å². The smallest absolute Gasteiger partial charge is 0.281 e. The van der Waals surface area contributed by atoms with Crippen molar-refractivity contribution in [1.82, 2.24) is 0 Å². The van der Waals surface area contributed by atoms with Gasteiger partial charge in [-0.2, -0.15) is 24.3 Å². The fourth-order valence-corrected chi connectivity index (χ4v) is 6.90. The van der Waals surface area contributed by atoms with Crippen molar-refractivity contribution < 1.29 is 102 Å². The van der Waals surface area contributed by atoms with Gasteiger partial charge in [-0.25, -0.2) is 16.8 Å². The number of carboxylic acids is 1. The molecule has 8 nitrogen and oxygen atoms in total. The molecule has 0 bridgehead atoms. The van der Waals surface area contributed by atoms with Gasteiger partial charge < -0.3 is 9.84 Å². The first kappa shape index (κ1) is 31.5. The molecule has 0 fully saturated rings. The monoisotopic (exact) mass is 656 g/mol. The third-order valence-electron chi connectivity index (χ3n) is 5.55. The Kier molecular flexibility index (Phi) is 11.3. The summed E-state index contributed by atoms with van der Waals surface area (Å²) in [6.07, 6.45) is 0.842. The molecule has 0 saturated heterocycles. The Morgan fingerprint density at radius 1 is 0.882 bits per heavy atom. The Bertz CT molecular complexity index is 1330. The quantitative estimate of drug-likeness (QED) is 0.393. The summed E-state index contributed by atoms with van der Waals surface area (Å²) in [6, 6.07) is 7.91. The maximum absolute atomic E-state index is 11.7. The number of sulfone groups is 2. The number of esters is 1. The first-order valence-electron chi connectivity index (χ1n) is 9.85. The zero-order chi connectivity index (χ0) is 23.8. The Morgan fingerprint density at radius 3 is 1.71 bits per heavy atom. The Morgan fingerprint density at radius 2 is 1.29 bits per heavy atom. The second-order valence-corrected chi connectivity index (χ2v) is 11.5. The second kappa shape index (κ2) is 12.2. The summed E-state index contributed by atoms with van der Waals surface area (Å²) in [6.45, 7) is 5.42. The Hall–Kier alpha value is -0.512. The number of aromatic carboxylic acids is 1. The van der Waals surface area contributed by atoms with Crippen LogP contribution in [-0.4, -0.2) is 52.0 Å². The molecule has 2 heterocycles. The molecule has 4 rings (SSSR count). The van der Waals surface area contributed by atoms with Crippen LogP contribution < -0.4 is 0 Å². The van der Waals surface area contributed by atoms with E-state index in [1.165, 1.54) is 12.1 Å². The summed E-state index contributed by atoms with van der Waals surface area (Å²) in [7, 11) is -6.41. The first-order valence-corrected chi connectivity index (χ1v) is 13.2. The molecule has 12 heteroatoms. The number of fused-ring (bicyclic) bond motifs is 2. The third kappa shape index (κ3) is 6.24. The first-order chi connectivity index (χ1) is 14.9. The van der Waals surface area contributed by atoms with E-state index in [-0.39, 0.29) is 92.3 Å². The van der Waals surface area contributed by atoms with Crippen LogP contribution in [0.4, 0.5) is 0 Å². The van der Waals surface area contributed by atoms with Crippen molar-refractivity contribution in [2.45, 2.75) is 43.4 Å². The summed E-state index contributed by atoms with van der Waals surface area (Å²) in [4.78, 5) is 22.9. The summed E-state index contributed by atoms with van der Waals surface area (Å²) >= 11 is 0. The van der Waals surface area contributed by atoms with Crippen molar-refractivity contribution in [2.75, 3.05) is 18.1 Å².